The normalized spacial score (nSPS) is 14.0. The molecule has 2 aromatic rings. The van der Waals surface area contributed by atoms with Gasteiger partial charge in [-0.2, -0.15) is 0 Å². The van der Waals surface area contributed by atoms with Crippen molar-refractivity contribution >= 4 is 17.8 Å². The first kappa shape index (κ1) is 19.5. The van der Waals surface area contributed by atoms with Crippen LogP contribution >= 0.6 is 0 Å². The first-order chi connectivity index (χ1) is 13.5. The van der Waals surface area contributed by atoms with E-state index in [0.29, 0.717) is 32.6 Å². The Balaban J connectivity index is 1.47. The third-order valence-corrected chi connectivity index (χ3v) is 4.81. The lowest BCUT2D eigenvalue weighted by Gasteiger charge is -2.34. The molecule has 146 valence electrons. The summed E-state index contributed by atoms with van der Waals surface area (Å²) in [6.45, 7) is 1.80. The van der Waals surface area contributed by atoms with Gasteiger partial charge in [0.1, 0.15) is 11.4 Å². The predicted octanol–water partition coefficient (Wildman–Crippen LogP) is 2.09. The molecule has 7 heteroatoms. The molecule has 1 aliphatic rings. The van der Waals surface area contributed by atoms with Gasteiger partial charge in [0.2, 0.25) is 5.91 Å². The van der Waals surface area contributed by atoms with Crippen molar-refractivity contribution in [3.63, 3.8) is 0 Å². The zero-order valence-corrected chi connectivity index (χ0v) is 15.6. The number of carboxylic acids is 1. The van der Waals surface area contributed by atoms with Crippen LogP contribution in [0.15, 0.2) is 48.5 Å². The van der Waals surface area contributed by atoms with E-state index in [1.807, 2.05) is 18.2 Å². The molecule has 0 saturated carbocycles. The number of piperazine rings is 1. The summed E-state index contributed by atoms with van der Waals surface area (Å²) in [5, 5.41) is 9.01. The minimum atomic E-state index is -1.17. The molecular weight excluding hydrogens is 358 g/mol. The molecule has 0 spiro atoms. The van der Waals surface area contributed by atoms with Crippen LogP contribution in [0, 0.1) is 0 Å². The highest BCUT2D eigenvalue weighted by molar-refractivity contribution is 5.94. The fourth-order valence-electron chi connectivity index (χ4n) is 3.24. The van der Waals surface area contributed by atoms with E-state index in [1.165, 1.54) is 23.8 Å². The molecule has 0 radical (unpaired) electrons. The first-order valence-corrected chi connectivity index (χ1v) is 9.36. The van der Waals surface area contributed by atoms with Gasteiger partial charge in [-0.25, -0.2) is 9.78 Å². The van der Waals surface area contributed by atoms with Crippen LogP contribution in [-0.2, 0) is 11.2 Å². The maximum Gasteiger partial charge on any atom is 0.354 e. The molecule has 1 fully saturated rings. The molecule has 28 heavy (non-hydrogen) atoms. The number of aromatic nitrogens is 1. The minimum Gasteiger partial charge on any atom is -0.477 e. The summed E-state index contributed by atoms with van der Waals surface area (Å²) in [6, 6.07) is 14.5. The van der Waals surface area contributed by atoms with Crippen molar-refractivity contribution < 1.29 is 19.5 Å². The molecule has 3 rings (SSSR count). The number of carbonyl (C=O) groups excluding carboxylic acids is 2. The van der Waals surface area contributed by atoms with Gasteiger partial charge in [0.25, 0.3) is 5.91 Å². The van der Waals surface area contributed by atoms with Gasteiger partial charge < -0.3 is 14.9 Å². The molecule has 0 aliphatic carbocycles. The average molecular weight is 381 g/mol. The number of benzene rings is 1. The van der Waals surface area contributed by atoms with Crippen LogP contribution in [0.5, 0.6) is 0 Å². The molecule has 1 aromatic carbocycles. The van der Waals surface area contributed by atoms with Gasteiger partial charge in [0.15, 0.2) is 0 Å². The van der Waals surface area contributed by atoms with Crippen LogP contribution in [0.4, 0.5) is 0 Å². The van der Waals surface area contributed by atoms with Gasteiger partial charge in [0.05, 0.1) is 0 Å². The molecule has 1 N–H and O–H groups in total. The van der Waals surface area contributed by atoms with Crippen molar-refractivity contribution in [3.8, 4) is 0 Å². The second kappa shape index (κ2) is 9.12. The molecule has 0 bridgehead atoms. The Morgan fingerprint density at radius 1 is 0.857 bits per heavy atom. The summed E-state index contributed by atoms with van der Waals surface area (Å²) in [5.74, 6) is -1.37. The number of carboxylic acid groups (broad SMARTS) is 1. The number of aromatic carboxylic acids is 1. The molecule has 0 atom stereocenters. The lowest BCUT2D eigenvalue weighted by molar-refractivity contribution is -0.132. The van der Waals surface area contributed by atoms with Gasteiger partial charge in [0, 0.05) is 32.6 Å². The maximum absolute atomic E-state index is 12.5. The zero-order chi connectivity index (χ0) is 19.9. The van der Waals surface area contributed by atoms with Crippen LogP contribution in [0.1, 0.15) is 39.4 Å². The number of pyridine rings is 1. The lowest BCUT2D eigenvalue weighted by atomic mass is 10.1. The molecular formula is C21H23N3O4. The Kier molecular flexibility index (Phi) is 6.37. The lowest BCUT2D eigenvalue weighted by Crippen LogP contribution is -2.50. The van der Waals surface area contributed by atoms with Crippen LogP contribution < -0.4 is 0 Å². The number of rotatable bonds is 6. The predicted molar refractivity (Wildman–Crippen MR) is 103 cm³/mol. The van der Waals surface area contributed by atoms with Crippen molar-refractivity contribution in [3.05, 3.63) is 65.5 Å². The number of aryl methyl sites for hydroxylation is 1. The highest BCUT2D eigenvalue weighted by atomic mass is 16.4. The Labute approximate surface area is 163 Å². The summed E-state index contributed by atoms with van der Waals surface area (Å²) in [6.07, 6.45) is 2.16. The highest BCUT2D eigenvalue weighted by Gasteiger charge is 2.25. The molecule has 2 heterocycles. The summed E-state index contributed by atoms with van der Waals surface area (Å²) >= 11 is 0. The van der Waals surface area contributed by atoms with E-state index >= 15 is 0 Å². The van der Waals surface area contributed by atoms with Crippen LogP contribution in [0.25, 0.3) is 0 Å². The number of hydrogen-bond donors (Lipinski definition) is 1. The molecule has 2 amide bonds. The van der Waals surface area contributed by atoms with Crippen molar-refractivity contribution in [1.82, 2.24) is 14.8 Å². The fourth-order valence-corrected chi connectivity index (χ4v) is 3.24. The SMILES string of the molecule is O=C(O)c1cccc(C(=O)N2CCN(C(=O)CCCc3ccccc3)CC2)n1. The van der Waals surface area contributed by atoms with Gasteiger partial charge >= 0.3 is 5.97 Å². The Morgan fingerprint density at radius 3 is 2.18 bits per heavy atom. The number of carbonyl (C=O) groups is 3. The smallest absolute Gasteiger partial charge is 0.354 e. The van der Waals surface area contributed by atoms with Gasteiger partial charge in [-0.15, -0.1) is 0 Å². The van der Waals surface area contributed by atoms with E-state index in [9.17, 15) is 14.4 Å². The molecule has 7 nitrogen and oxygen atoms in total. The van der Waals surface area contributed by atoms with E-state index in [0.717, 1.165) is 12.8 Å². The Bertz CT molecular complexity index is 846. The average Bonchev–Trinajstić information content (AvgIpc) is 2.74. The van der Waals surface area contributed by atoms with Crippen molar-refractivity contribution in [2.75, 3.05) is 26.2 Å². The molecule has 0 unspecified atom stereocenters. The quantitative estimate of drug-likeness (QED) is 0.827. The van der Waals surface area contributed by atoms with Crippen molar-refractivity contribution in [1.29, 1.82) is 0 Å². The van der Waals surface area contributed by atoms with E-state index in [-0.39, 0.29) is 23.2 Å². The zero-order valence-electron chi connectivity index (χ0n) is 15.6. The third kappa shape index (κ3) is 4.94. The fraction of sp³-hybridized carbons (Fsp3) is 0.333. The maximum atomic E-state index is 12.5. The van der Waals surface area contributed by atoms with Gasteiger partial charge in [-0.05, 0) is 30.5 Å². The van der Waals surface area contributed by atoms with Crippen LogP contribution in [0.2, 0.25) is 0 Å². The minimum absolute atomic E-state index is 0.106. The molecule has 1 saturated heterocycles. The summed E-state index contributed by atoms with van der Waals surface area (Å²) in [7, 11) is 0. The van der Waals surface area contributed by atoms with Gasteiger partial charge in [-0.1, -0.05) is 36.4 Å². The third-order valence-electron chi connectivity index (χ3n) is 4.81. The van der Waals surface area contributed by atoms with E-state index in [1.54, 1.807) is 9.80 Å². The Morgan fingerprint density at radius 2 is 1.50 bits per heavy atom. The van der Waals surface area contributed by atoms with Crippen LogP contribution in [-0.4, -0.2) is 63.9 Å². The van der Waals surface area contributed by atoms with Crippen molar-refractivity contribution in [2.45, 2.75) is 19.3 Å². The number of amides is 2. The highest BCUT2D eigenvalue weighted by Crippen LogP contribution is 2.11. The summed E-state index contributed by atoms with van der Waals surface area (Å²) in [4.78, 5) is 43.3. The number of hydrogen-bond acceptors (Lipinski definition) is 4. The van der Waals surface area contributed by atoms with Crippen molar-refractivity contribution in [2.24, 2.45) is 0 Å². The first-order valence-electron chi connectivity index (χ1n) is 9.36. The standard InChI is InChI=1S/C21H23N3O4/c25-19(11-4-8-16-6-2-1-3-7-16)23-12-14-24(15-13-23)20(26)17-9-5-10-18(22-17)21(27)28/h1-3,5-7,9-10H,4,8,11-15H2,(H,27,28). The second-order valence-corrected chi connectivity index (χ2v) is 6.73. The van der Waals surface area contributed by atoms with Crippen LogP contribution in [0.3, 0.4) is 0 Å². The molecule has 1 aromatic heterocycles. The second-order valence-electron chi connectivity index (χ2n) is 6.73. The van der Waals surface area contributed by atoms with E-state index < -0.39 is 5.97 Å². The topological polar surface area (TPSA) is 90.8 Å². The number of nitrogens with zero attached hydrogens (tertiary/aromatic N) is 3. The van der Waals surface area contributed by atoms with E-state index in [4.69, 9.17) is 5.11 Å². The molecule has 1 aliphatic heterocycles. The van der Waals surface area contributed by atoms with Gasteiger partial charge in [-0.3, -0.25) is 9.59 Å². The largest absolute Gasteiger partial charge is 0.477 e. The van der Waals surface area contributed by atoms with E-state index in [2.05, 4.69) is 17.1 Å². The Hall–Kier alpha value is -3.22. The summed E-state index contributed by atoms with van der Waals surface area (Å²) < 4.78 is 0. The summed E-state index contributed by atoms with van der Waals surface area (Å²) in [5.41, 5.74) is 1.18. The monoisotopic (exact) mass is 381 g/mol.